The molecule has 0 unspecified atom stereocenters. The van der Waals surface area contributed by atoms with E-state index < -0.39 is 11.2 Å². The number of pyridine rings is 1. The minimum absolute atomic E-state index is 0.296. The van der Waals surface area contributed by atoms with Gasteiger partial charge in [-0.05, 0) is 28.1 Å². The lowest BCUT2D eigenvalue weighted by Gasteiger charge is -2.10. The van der Waals surface area contributed by atoms with Crippen molar-refractivity contribution >= 4 is 49.2 Å². The molecule has 24 heavy (non-hydrogen) atoms. The Kier molecular flexibility index (Phi) is 3.51. The van der Waals surface area contributed by atoms with Gasteiger partial charge in [0.2, 0.25) is 0 Å². The van der Waals surface area contributed by atoms with Gasteiger partial charge < -0.3 is 4.98 Å². The van der Waals surface area contributed by atoms with Crippen LogP contribution in [0.1, 0.15) is 0 Å². The van der Waals surface area contributed by atoms with E-state index in [2.05, 4.69) is 25.9 Å². The van der Waals surface area contributed by atoms with Gasteiger partial charge in [-0.3, -0.25) is 9.78 Å². The van der Waals surface area contributed by atoms with Gasteiger partial charge in [0.05, 0.1) is 27.8 Å². The fourth-order valence-corrected chi connectivity index (χ4v) is 3.27. The lowest BCUT2D eigenvalue weighted by Crippen LogP contribution is -2.33. The lowest BCUT2D eigenvalue weighted by atomic mass is 10.1. The van der Waals surface area contributed by atoms with E-state index in [1.165, 1.54) is 6.20 Å². The molecule has 0 aliphatic heterocycles. The van der Waals surface area contributed by atoms with Crippen LogP contribution >= 0.6 is 27.5 Å². The highest BCUT2D eigenvalue weighted by Crippen LogP contribution is 2.28. The van der Waals surface area contributed by atoms with Crippen LogP contribution in [0, 0.1) is 0 Å². The SMILES string of the molecule is O=c1[nH]c2c(Cl)c(Br)ccc2c(=O)n1-c1cncc2ccccc12. The number of nitrogens with zero attached hydrogens (tertiary/aromatic N) is 2. The first-order valence-corrected chi connectivity index (χ1v) is 8.21. The highest BCUT2D eigenvalue weighted by atomic mass is 79.9. The van der Waals surface area contributed by atoms with E-state index in [1.54, 1.807) is 18.3 Å². The molecule has 0 saturated carbocycles. The monoisotopic (exact) mass is 401 g/mol. The minimum Gasteiger partial charge on any atom is -0.305 e. The molecule has 0 saturated heterocycles. The van der Waals surface area contributed by atoms with E-state index >= 15 is 0 Å². The normalized spacial score (nSPS) is 11.2. The second kappa shape index (κ2) is 5.58. The zero-order valence-corrected chi connectivity index (χ0v) is 14.4. The second-order valence-electron chi connectivity index (χ2n) is 5.23. The Hall–Kier alpha value is -2.44. The van der Waals surface area contributed by atoms with Gasteiger partial charge >= 0.3 is 5.69 Å². The molecular weight excluding hydrogens is 394 g/mol. The fourth-order valence-electron chi connectivity index (χ4n) is 2.72. The Morgan fingerprint density at radius 3 is 2.67 bits per heavy atom. The zero-order chi connectivity index (χ0) is 16.8. The molecule has 0 aliphatic rings. The van der Waals surface area contributed by atoms with E-state index in [0.29, 0.717) is 26.1 Å². The first-order valence-electron chi connectivity index (χ1n) is 7.04. The molecule has 118 valence electrons. The summed E-state index contributed by atoms with van der Waals surface area (Å²) in [5.74, 6) is 0. The summed E-state index contributed by atoms with van der Waals surface area (Å²) in [6.07, 6.45) is 3.19. The molecule has 2 aromatic carbocycles. The maximum atomic E-state index is 12.9. The largest absolute Gasteiger partial charge is 0.333 e. The van der Waals surface area contributed by atoms with Crippen molar-refractivity contribution in [1.29, 1.82) is 0 Å². The number of halogens is 2. The molecule has 1 N–H and O–H groups in total. The summed E-state index contributed by atoms with van der Waals surface area (Å²) >= 11 is 9.47. The first kappa shape index (κ1) is 15.1. The van der Waals surface area contributed by atoms with E-state index in [1.807, 2.05) is 24.3 Å². The number of hydrogen-bond acceptors (Lipinski definition) is 3. The predicted octanol–water partition coefficient (Wildman–Crippen LogP) is 3.64. The molecule has 0 spiro atoms. The maximum absolute atomic E-state index is 12.9. The van der Waals surface area contributed by atoms with E-state index in [0.717, 1.165) is 15.3 Å². The molecule has 0 radical (unpaired) electrons. The van der Waals surface area contributed by atoms with Crippen LogP contribution in [0.15, 0.2) is 62.9 Å². The maximum Gasteiger partial charge on any atom is 0.333 e. The van der Waals surface area contributed by atoms with Crippen molar-refractivity contribution in [1.82, 2.24) is 14.5 Å². The van der Waals surface area contributed by atoms with Gasteiger partial charge in [-0.25, -0.2) is 9.36 Å². The van der Waals surface area contributed by atoms with E-state index in [9.17, 15) is 9.59 Å². The quantitative estimate of drug-likeness (QED) is 0.528. The molecule has 0 aliphatic carbocycles. The summed E-state index contributed by atoms with van der Waals surface area (Å²) in [7, 11) is 0. The number of fused-ring (bicyclic) bond motifs is 2. The van der Waals surface area contributed by atoms with Crippen LogP contribution in [0.5, 0.6) is 0 Å². The molecule has 0 bridgehead atoms. The summed E-state index contributed by atoms with van der Waals surface area (Å²) in [5, 5.41) is 2.23. The van der Waals surface area contributed by atoms with Crippen molar-refractivity contribution in [3.63, 3.8) is 0 Å². The molecule has 0 fully saturated rings. The smallest absolute Gasteiger partial charge is 0.305 e. The highest BCUT2D eigenvalue weighted by molar-refractivity contribution is 9.10. The summed E-state index contributed by atoms with van der Waals surface area (Å²) in [5.41, 5.74) is -0.266. The van der Waals surface area contributed by atoms with Crippen molar-refractivity contribution in [3.05, 3.63) is 79.1 Å². The Labute approximate surface area is 148 Å². The fraction of sp³-hybridized carbons (Fsp3) is 0. The van der Waals surface area contributed by atoms with E-state index in [-0.39, 0.29) is 0 Å². The lowest BCUT2D eigenvalue weighted by molar-refractivity contribution is 0.902. The Bertz CT molecular complexity index is 1220. The molecule has 7 heteroatoms. The summed E-state index contributed by atoms with van der Waals surface area (Å²) in [6.45, 7) is 0. The van der Waals surface area contributed by atoms with Gasteiger partial charge in [0, 0.05) is 21.4 Å². The molecule has 5 nitrogen and oxygen atoms in total. The predicted molar refractivity (Wildman–Crippen MR) is 98.2 cm³/mol. The van der Waals surface area contributed by atoms with Crippen molar-refractivity contribution in [2.75, 3.05) is 0 Å². The molecule has 2 heterocycles. The minimum atomic E-state index is -0.564. The van der Waals surface area contributed by atoms with Gasteiger partial charge in [0.25, 0.3) is 5.56 Å². The standard InChI is InChI=1S/C17H9BrClN3O2/c18-12-6-5-11-15(14(12)19)21-17(24)22(16(11)23)13-8-20-7-9-3-1-2-4-10(9)13/h1-8H,(H,21,24). The third kappa shape index (κ3) is 2.18. The number of aromatic amines is 1. The average molecular weight is 403 g/mol. The Balaban J connectivity index is 2.17. The molecule has 0 atom stereocenters. The zero-order valence-electron chi connectivity index (χ0n) is 12.1. The third-order valence-corrected chi connectivity index (χ3v) is 5.13. The van der Waals surface area contributed by atoms with Gasteiger partial charge in [0.15, 0.2) is 0 Å². The molecular formula is C17H9BrClN3O2. The van der Waals surface area contributed by atoms with Crippen molar-refractivity contribution in [3.8, 4) is 5.69 Å². The Morgan fingerprint density at radius 1 is 1.04 bits per heavy atom. The first-order chi connectivity index (χ1) is 11.6. The van der Waals surface area contributed by atoms with E-state index in [4.69, 9.17) is 11.6 Å². The molecule has 4 aromatic rings. The average Bonchev–Trinajstić information content (AvgIpc) is 2.59. The molecule has 4 rings (SSSR count). The van der Waals surface area contributed by atoms with Gasteiger partial charge in [0.1, 0.15) is 0 Å². The van der Waals surface area contributed by atoms with Crippen molar-refractivity contribution in [2.24, 2.45) is 0 Å². The van der Waals surface area contributed by atoms with Crippen LogP contribution < -0.4 is 11.2 Å². The number of nitrogens with one attached hydrogen (secondary N) is 1. The summed E-state index contributed by atoms with van der Waals surface area (Å²) < 4.78 is 1.69. The topological polar surface area (TPSA) is 67.8 Å². The number of hydrogen-bond donors (Lipinski definition) is 1. The van der Waals surface area contributed by atoms with Crippen LogP contribution in [-0.2, 0) is 0 Å². The molecule has 0 amide bonds. The van der Waals surface area contributed by atoms with Crippen LogP contribution in [0.3, 0.4) is 0 Å². The highest BCUT2D eigenvalue weighted by Gasteiger charge is 2.15. The number of H-pyrrole nitrogens is 1. The van der Waals surface area contributed by atoms with Gasteiger partial charge in [-0.1, -0.05) is 35.9 Å². The Morgan fingerprint density at radius 2 is 1.83 bits per heavy atom. The van der Waals surface area contributed by atoms with Crippen LogP contribution in [0.2, 0.25) is 5.02 Å². The molecule has 2 aromatic heterocycles. The van der Waals surface area contributed by atoms with Crippen molar-refractivity contribution < 1.29 is 0 Å². The summed E-state index contributed by atoms with van der Waals surface area (Å²) in [6, 6.07) is 10.7. The number of rotatable bonds is 1. The second-order valence-corrected chi connectivity index (χ2v) is 6.47. The number of aromatic nitrogens is 3. The summed E-state index contributed by atoms with van der Waals surface area (Å²) in [4.78, 5) is 32.3. The van der Waals surface area contributed by atoms with Crippen molar-refractivity contribution in [2.45, 2.75) is 0 Å². The van der Waals surface area contributed by atoms with Crippen LogP contribution in [0.4, 0.5) is 0 Å². The van der Waals surface area contributed by atoms with Crippen LogP contribution in [0.25, 0.3) is 27.4 Å². The van der Waals surface area contributed by atoms with Crippen LogP contribution in [-0.4, -0.2) is 14.5 Å². The number of benzene rings is 2. The van der Waals surface area contributed by atoms with Gasteiger partial charge in [-0.2, -0.15) is 0 Å². The van der Waals surface area contributed by atoms with Gasteiger partial charge in [-0.15, -0.1) is 0 Å². The third-order valence-electron chi connectivity index (χ3n) is 3.85.